The van der Waals surface area contributed by atoms with E-state index in [1.807, 2.05) is 0 Å². The molecule has 1 spiro atoms. The summed E-state index contributed by atoms with van der Waals surface area (Å²) in [6.45, 7) is 12.8. The average molecular weight is 863 g/mol. The van der Waals surface area contributed by atoms with Crippen molar-refractivity contribution in [2.45, 2.75) is 84.8 Å². The van der Waals surface area contributed by atoms with E-state index in [9.17, 15) is 25.6 Å². The zero-order chi connectivity index (χ0) is 43.2. The maximum atomic E-state index is 13.5. The fourth-order valence-electron chi connectivity index (χ4n) is 9.35. The third-order valence-corrected chi connectivity index (χ3v) is 16.3. The minimum Gasteiger partial charge on any atom is -0.457 e. The third kappa shape index (κ3) is 8.35. The van der Waals surface area contributed by atoms with Crippen LogP contribution in [-0.2, 0) is 25.1 Å². The van der Waals surface area contributed by atoms with Crippen molar-refractivity contribution in [1.29, 1.82) is 0 Å². The molecular formula is C50H50F2NO6S2+. The number of aryl methyl sites for hydroxylation is 4. The van der Waals surface area contributed by atoms with Gasteiger partial charge in [0.25, 0.3) is 0 Å². The van der Waals surface area contributed by atoms with E-state index >= 15 is 0 Å². The molecule has 2 aliphatic heterocycles. The van der Waals surface area contributed by atoms with E-state index in [-0.39, 0.29) is 25.0 Å². The molecule has 2 saturated heterocycles. The molecule has 6 aromatic carbocycles. The lowest BCUT2D eigenvalue weighted by molar-refractivity contribution is -0.937. The van der Waals surface area contributed by atoms with Gasteiger partial charge in [-0.25, -0.2) is 25.6 Å². The molecule has 0 bridgehead atoms. The Kier molecular flexibility index (Phi) is 11.4. The Bertz CT molecular complexity index is 2570. The molecule has 2 aliphatic rings. The van der Waals surface area contributed by atoms with Gasteiger partial charge in [-0.2, -0.15) is 0 Å². The van der Waals surface area contributed by atoms with Gasteiger partial charge in [-0.05, 0) is 177 Å². The predicted molar refractivity (Wildman–Crippen MR) is 232 cm³/mol. The molecule has 0 saturated carbocycles. The maximum absolute atomic E-state index is 13.5. The summed E-state index contributed by atoms with van der Waals surface area (Å²) >= 11 is 0. The van der Waals surface area contributed by atoms with Gasteiger partial charge in [0.1, 0.15) is 34.6 Å². The second-order valence-corrected chi connectivity index (χ2v) is 20.7. The van der Waals surface area contributed by atoms with Crippen molar-refractivity contribution in [1.82, 2.24) is 0 Å². The number of nitrogens with zero attached hydrogens (tertiary/aromatic N) is 1. The Morgan fingerprint density at radius 2 is 0.770 bits per heavy atom. The topological polar surface area (TPSA) is 86.7 Å². The Balaban J connectivity index is 1.08. The van der Waals surface area contributed by atoms with Crippen LogP contribution in [0.1, 0.15) is 65.5 Å². The first-order valence-corrected chi connectivity index (χ1v) is 23.7. The van der Waals surface area contributed by atoms with Crippen LogP contribution >= 0.6 is 0 Å². The molecule has 7 nitrogen and oxygen atoms in total. The molecule has 0 aromatic heterocycles. The molecule has 6 aromatic rings. The van der Waals surface area contributed by atoms with Crippen molar-refractivity contribution in [3.8, 4) is 23.0 Å². The number of halogens is 2. The molecule has 11 heteroatoms. The van der Waals surface area contributed by atoms with E-state index in [0.717, 1.165) is 83.9 Å². The molecule has 2 fully saturated rings. The summed E-state index contributed by atoms with van der Waals surface area (Å²) in [6.07, 6.45) is 5.79. The highest BCUT2D eigenvalue weighted by Gasteiger charge is 2.46. The number of benzene rings is 6. The number of sulfone groups is 2. The van der Waals surface area contributed by atoms with Gasteiger partial charge in [0.05, 0.1) is 45.8 Å². The molecule has 2 heterocycles. The fourth-order valence-corrected chi connectivity index (χ4v) is 11.9. The lowest BCUT2D eigenvalue weighted by Crippen LogP contribution is -2.58. The lowest BCUT2D eigenvalue weighted by Gasteiger charge is -2.51. The monoisotopic (exact) mass is 862 g/mol. The van der Waals surface area contributed by atoms with Gasteiger partial charge in [-0.3, -0.25) is 0 Å². The third-order valence-electron chi connectivity index (χ3n) is 12.8. The number of quaternary nitrogens is 1. The van der Waals surface area contributed by atoms with E-state index in [2.05, 4.69) is 52.0 Å². The van der Waals surface area contributed by atoms with Gasteiger partial charge < -0.3 is 14.0 Å². The van der Waals surface area contributed by atoms with Crippen LogP contribution in [0.4, 0.5) is 8.78 Å². The molecule has 0 aliphatic carbocycles. The molecule has 0 atom stereocenters. The first-order chi connectivity index (χ1) is 29.1. The van der Waals surface area contributed by atoms with Gasteiger partial charge in [-0.15, -0.1) is 0 Å². The van der Waals surface area contributed by atoms with Gasteiger partial charge in [0.2, 0.25) is 19.7 Å². The molecule has 0 N–H and O–H groups in total. The standard InChI is InChI=1S/C50H50F2NO6S2/c1-34-30-38(31-35(2)48(34)58-42-12-20-46(21-13-42)60(54,55)44-16-8-40(51)9-17-44)50(24-28-53(29-25-50)26-6-5-7-27-53)39-32-36(3)49(37(4)33-39)59-43-14-22-47(23-15-43)61(56,57)45-18-10-41(52)11-19-45/h8-23,30-33H,5-7,24-29H2,1-4H3/q+1. The van der Waals surface area contributed by atoms with Crippen molar-refractivity contribution in [3.05, 3.63) is 166 Å². The van der Waals surface area contributed by atoms with Crippen LogP contribution in [0.15, 0.2) is 141 Å². The summed E-state index contributed by atoms with van der Waals surface area (Å²) in [5, 5.41) is 0. The summed E-state index contributed by atoms with van der Waals surface area (Å²) in [4.78, 5) is 0.231. The van der Waals surface area contributed by atoms with Gasteiger partial charge in [-0.1, -0.05) is 24.3 Å². The molecule has 8 rings (SSSR count). The minimum atomic E-state index is -3.83. The number of ether oxygens (including phenoxy) is 2. The molecule has 0 radical (unpaired) electrons. The summed E-state index contributed by atoms with van der Waals surface area (Å²) < 4.78 is 93.8. The highest BCUT2D eigenvalue weighted by atomic mass is 32.2. The van der Waals surface area contributed by atoms with Crippen LogP contribution in [0.25, 0.3) is 0 Å². The van der Waals surface area contributed by atoms with E-state index in [1.165, 1.54) is 96.5 Å². The predicted octanol–water partition coefficient (Wildman–Crippen LogP) is 11.5. The van der Waals surface area contributed by atoms with E-state index < -0.39 is 31.3 Å². The molecule has 61 heavy (non-hydrogen) atoms. The Hall–Kier alpha value is -5.36. The van der Waals surface area contributed by atoms with Crippen molar-refractivity contribution in [2.24, 2.45) is 0 Å². The van der Waals surface area contributed by atoms with Gasteiger partial charge in [0.15, 0.2) is 0 Å². The molecule has 0 amide bonds. The summed E-state index contributed by atoms with van der Waals surface area (Å²) in [7, 11) is -7.65. The lowest BCUT2D eigenvalue weighted by atomic mass is 9.66. The van der Waals surface area contributed by atoms with Crippen molar-refractivity contribution in [2.75, 3.05) is 26.2 Å². The van der Waals surface area contributed by atoms with Crippen LogP contribution in [0.3, 0.4) is 0 Å². The quantitative estimate of drug-likeness (QED) is 0.101. The highest BCUT2D eigenvalue weighted by molar-refractivity contribution is 7.91. The first kappa shape index (κ1) is 42.3. The van der Waals surface area contributed by atoms with Crippen molar-refractivity contribution in [3.63, 3.8) is 0 Å². The number of hydrogen-bond acceptors (Lipinski definition) is 6. The molecule has 316 valence electrons. The molecule has 0 unspecified atom stereocenters. The maximum Gasteiger partial charge on any atom is 0.206 e. The number of piperidine rings is 2. The van der Waals surface area contributed by atoms with E-state index in [4.69, 9.17) is 9.47 Å². The van der Waals surface area contributed by atoms with Crippen LogP contribution in [0.5, 0.6) is 23.0 Å². The van der Waals surface area contributed by atoms with Crippen molar-refractivity contribution >= 4 is 19.7 Å². The smallest absolute Gasteiger partial charge is 0.206 e. The second-order valence-electron chi connectivity index (χ2n) is 16.8. The Morgan fingerprint density at radius 3 is 1.10 bits per heavy atom. The summed E-state index contributed by atoms with van der Waals surface area (Å²) in [6, 6.07) is 31.2. The second kappa shape index (κ2) is 16.5. The van der Waals surface area contributed by atoms with Crippen LogP contribution in [0.2, 0.25) is 0 Å². The van der Waals surface area contributed by atoms with Crippen molar-refractivity contribution < 1.29 is 39.6 Å². The van der Waals surface area contributed by atoms with Gasteiger partial charge in [0, 0.05) is 18.3 Å². The normalized spacial score (nSPS) is 16.3. The average Bonchev–Trinajstić information content (AvgIpc) is 3.25. The first-order valence-electron chi connectivity index (χ1n) is 20.7. The van der Waals surface area contributed by atoms with Gasteiger partial charge >= 0.3 is 0 Å². The number of rotatable bonds is 10. The minimum absolute atomic E-state index is 0.0207. The SMILES string of the molecule is Cc1cc(C2(c3cc(C)c(Oc4ccc(S(=O)(=O)c5ccc(F)cc5)cc4)c(C)c3)CC[N+]3(CCCCC3)CC2)cc(C)c1Oc1ccc(S(=O)(=O)c2ccc(F)cc2)cc1. The highest BCUT2D eigenvalue weighted by Crippen LogP contribution is 2.48. The van der Waals surface area contributed by atoms with E-state index in [0.29, 0.717) is 11.5 Å². The molecular weight excluding hydrogens is 813 g/mol. The van der Waals surface area contributed by atoms with Crippen LogP contribution < -0.4 is 9.47 Å². The van der Waals surface area contributed by atoms with E-state index in [1.54, 1.807) is 24.3 Å². The summed E-state index contributed by atoms with van der Waals surface area (Å²) in [5.41, 5.74) is 6.10. The zero-order valence-corrected chi connectivity index (χ0v) is 36.5. The van der Waals surface area contributed by atoms with Crippen LogP contribution in [0, 0.1) is 39.3 Å². The Labute approximate surface area is 358 Å². The largest absolute Gasteiger partial charge is 0.457 e. The van der Waals surface area contributed by atoms with Crippen LogP contribution in [-0.4, -0.2) is 47.5 Å². The number of hydrogen-bond donors (Lipinski definition) is 0. The Morgan fingerprint density at radius 1 is 0.459 bits per heavy atom. The fraction of sp³-hybridized carbons (Fsp3) is 0.280. The zero-order valence-electron chi connectivity index (χ0n) is 34.9. The summed E-state index contributed by atoms with van der Waals surface area (Å²) in [5.74, 6) is 1.45.